The van der Waals surface area contributed by atoms with Gasteiger partial charge in [-0.15, -0.1) is 0 Å². The van der Waals surface area contributed by atoms with Gasteiger partial charge in [0.2, 0.25) is 0 Å². The summed E-state index contributed by atoms with van der Waals surface area (Å²) in [5.41, 5.74) is 24.9. The molecular formula is C108H102Cu2N14O4. The molecule has 0 aliphatic heterocycles. The van der Waals surface area contributed by atoms with Gasteiger partial charge in [0.25, 0.3) is 0 Å². The number of ether oxygens (including phenoxy) is 4. The zero-order valence-electron chi connectivity index (χ0n) is 72.9. The number of hydrogen-bond acceptors (Lipinski definition) is 18. The van der Waals surface area contributed by atoms with Crippen molar-refractivity contribution in [1.82, 2.24) is 39.9 Å². The Kier molecular flexibility index (Phi) is 32.8. The fraction of sp³-hybridized carbons (Fsp3) is 0.185. The third kappa shape index (κ3) is 26.1. The molecule has 2 aliphatic rings. The molecule has 0 atom stereocenters. The summed E-state index contributed by atoms with van der Waals surface area (Å²) in [5, 5.41) is 7.13. The first-order valence-electron chi connectivity index (χ1n) is 43.0. The number of allylic oxidation sites excluding steroid dienone is 6. The Labute approximate surface area is 771 Å². The molecule has 6 aromatic carbocycles. The number of aliphatic imine (C=N–C) groups is 4. The molecule has 20 heteroatoms. The van der Waals surface area contributed by atoms with E-state index in [1.807, 2.05) is 231 Å². The molecule has 0 saturated heterocycles. The molecule has 128 heavy (non-hydrogen) atoms. The van der Waals surface area contributed by atoms with Crippen LogP contribution < -0.4 is 20.1 Å². The van der Waals surface area contributed by atoms with Gasteiger partial charge in [-0.1, -0.05) is 152 Å². The van der Waals surface area contributed by atoms with Crippen LogP contribution in [0.25, 0.3) is 45.6 Å². The first-order chi connectivity index (χ1) is 61.6. The van der Waals surface area contributed by atoms with E-state index in [-0.39, 0.29) is 34.1 Å². The van der Waals surface area contributed by atoms with E-state index < -0.39 is 0 Å². The van der Waals surface area contributed by atoms with Crippen molar-refractivity contribution in [3.63, 3.8) is 0 Å². The summed E-state index contributed by atoms with van der Waals surface area (Å²) in [7, 11) is 0. The molecule has 2 N–H and O–H groups in total. The Bertz CT molecular complexity index is 6230. The second-order valence-electron chi connectivity index (χ2n) is 31.7. The zero-order chi connectivity index (χ0) is 86.8. The monoisotopic (exact) mass is 1780 g/mol. The molecule has 2 aliphatic carbocycles. The van der Waals surface area contributed by atoms with Crippen molar-refractivity contribution in [1.29, 1.82) is 0 Å². The molecule has 14 aromatic rings. The second kappa shape index (κ2) is 45.8. The van der Waals surface area contributed by atoms with Gasteiger partial charge < -0.3 is 29.6 Å². The molecule has 0 amide bonds. The van der Waals surface area contributed by atoms with Crippen molar-refractivity contribution in [2.75, 3.05) is 37.1 Å². The van der Waals surface area contributed by atoms with Crippen molar-refractivity contribution in [3.8, 4) is 57.1 Å². The minimum atomic E-state index is 0. The van der Waals surface area contributed by atoms with E-state index in [0.29, 0.717) is 116 Å². The molecule has 0 fully saturated rings. The van der Waals surface area contributed by atoms with Crippen LogP contribution in [0.3, 0.4) is 0 Å². The summed E-state index contributed by atoms with van der Waals surface area (Å²) >= 11 is 0. The fourth-order valence-electron chi connectivity index (χ4n) is 14.0. The van der Waals surface area contributed by atoms with Crippen molar-refractivity contribution < 1.29 is 53.1 Å². The molecule has 0 unspecified atom stereocenters. The Hall–Kier alpha value is -14.0. The molecule has 16 rings (SSSR count). The first-order valence-corrected chi connectivity index (χ1v) is 43.0. The van der Waals surface area contributed by atoms with Crippen molar-refractivity contribution in [2.24, 2.45) is 20.0 Å². The summed E-state index contributed by atoms with van der Waals surface area (Å²) in [6.45, 7) is 19.0. The smallest absolute Gasteiger partial charge is 0.147 e. The molecule has 8 aromatic heterocycles. The van der Waals surface area contributed by atoms with Crippen LogP contribution in [0.4, 0.5) is 45.5 Å². The fourth-order valence-corrected chi connectivity index (χ4v) is 14.0. The average molecular weight is 1790 g/mol. The number of rotatable bonds is 32. The van der Waals surface area contributed by atoms with Gasteiger partial charge in [-0.05, 0) is 240 Å². The maximum absolute atomic E-state index is 6.63. The van der Waals surface area contributed by atoms with E-state index in [4.69, 9.17) is 58.9 Å². The molecular weight excluding hydrogens is 1680 g/mol. The third-order valence-corrected chi connectivity index (χ3v) is 21.1. The maximum atomic E-state index is 6.63. The predicted octanol–water partition coefficient (Wildman–Crippen LogP) is 25.5. The quantitative estimate of drug-likeness (QED) is 0.0297. The van der Waals surface area contributed by atoms with Gasteiger partial charge in [0, 0.05) is 149 Å². The van der Waals surface area contributed by atoms with E-state index in [2.05, 4.69) is 171 Å². The van der Waals surface area contributed by atoms with Gasteiger partial charge >= 0.3 is 0 Å². The number of hydrogen-bond donors (Lipinski definition) is 2. The standard InChI is InChI=1S/2C54H51N7O2.2Cu/c2*1-37(2)39-17-21-43(22-18-39)57-44-25-27-46(28-26-44)61-52-36-53(62-33-29-41-11-9-15-49(58-41)47-13-5-7-31-55-47)51(60-45-23-19-40(20-24-45)38(3)4)35-54(52)63-34-30-42-12-10-16-50(59-42)48-14-6-8-32-56-48;;/h5-28,31-32,35-38,60H,29-30,33-34H2,1-4H3;5-28,31-32,35-38,57H,29-30,33-34H2,1-4H3;;. The maximum Gasteiger partial charge on any atom is 0.147 e. The summed E-state index contributed by atoms with van der Waals surface area (Å²) in [5.74, 6) is 4.17. The van der Waals surface area contributed by atoms with Crippen molar-refractivity contribution in [2.45, 2.75) is 105 Å². The number of benzene rings is 6. The summed E-state index contributed by atoms with van der Waals surface area (Å²) in [4.78, 5) is 57.7. The van der Waals surface area contributed by atoms with Crippen LogP contribution in [0, 0.1) is 0 Å². The van der Waals surface area contributed by atoms with Gasteiger partial charge in [0.15, 0.2) is 0 Å². The average Bonchev–Trinajstić information content (AvgIpc) is 0.806. The minimum absolute atomic E-state index is 0. The predicted molar refractivity (Wildman–Crippen MR) is 512 cm³/mol. The van der Waals surface area contributed by atoms with E-state index >= 15 is 0 Å². The van der Waals surface area contributed by atoms with Gasteiger partial charge in [0.05, 0.1) is 106 Å². The molecule has 0 bridgehead atoms. The number of nitrogens with zero attached hydrogens (tertiary/aromatic N) is 12. The van der Waals surface area contributed by atoms with Crippen molar-refractivity contribution in [3.05, 3.63) is 397 Å². The molecule has 2 radical (unpaired) electrons. The van der Waals surface area contributed by atoms with Crippen LogP contribution in [0.5, 0.6) is 11.5 Å². The van der Waals surface area contributed by atoms with Crippen LogP contribution in [0.1, 0.15) is 124 Å². The van der Waals surface area contributed by atoms with E-state index in [1.165, 1.54) is 22.3 Å². The third-order valence-electron chi connectivity index (χ3n) is 21.1. The Balaban J connectivity index is 0.000000215. The van der Waals surface area contributed by atoms with Gasteiger partial charge in [-0.2, -0.15) is 0 Å². The number of pyridine rings is 8. The van der Waals surface area contributed by atoms with E-state index in [0.717, 1.165) is 120 Å². The molecule has 0 saturated carbocycles. The Morgan fingerprint density at radius 3 is 0.922 bits per heavy atom. The van der Waals surface area contributed by atoms with Gasteiger partial charge in [-0.25, -0.2) is 20.0 Å². The summed E-state index contributed by atoms with van der Waals surface area (Å²) < 4.78 is 26.5. The van der Waals surface area contributed by atoms with Crippen LogP contribution in [-0.4, -0.2) is 89.1 Å². The molecule has 8 heterocycles. The summed E-state index contributed by atoms with van der Waals surface area (Å²) in [6, 6.07) is 93.0. The van der Waals surface area contributed by atoms with Crippen LogP contribution in [-0.2, 0) is 69.3 Å². The zero-order valence-corrected chi connectivity index (χ0v) is 74.8. The first kappa shape index (κ1) is 91.7. The Morgan fingerprint density at radius 1 is 0.281 bits per heavy atom. The van der Waals surface area contributed by atoms with Crippen LogP contribution >= 0.6 is 0 Å². The SMILES string of the molecule is CC(C)c1ccc(N=C2C=C(OCCc3cccc(-c4ccccn4)n3)C(=Nc3ccc(Nc4ccc(C(C)C)cc4)cc3)C=C2OCCc2cccc(-c3ccccn3)n2)cc1.CC(C)c1ccc(N=C2C=CC(=Nc3cc(OCCc4cccc(-c5ccccn5)n4)c(Nc4ccc(C(C)C)cc4)cc3OCCc3cccc(-c4ccccn4)n3)C=C2)cc1.[Cu].[Cu]. The second-order valence-corrected chi connectivity index (χ2v) is 31.7. The number of anilines is 4. The topological polar surface area (TPSA) is 214 Å². The van der Waals surface area contributed by atoms with E-state index in [9.17, 15) is 0 Å². The van der Waals surface area contributed by atoms with E-state index in [1.54, 1.807) is 24.8 Å². The van der Waals surface area contributed by atoms with Crippen LogP contribution in [0.2, 0.25) is 0 Å². The summed E-state index contributed by atoms with van der Waals surface area (Å²) in [6.07, 6.45) is 21.2. The number of nitrogens with one attached hydrogen (secondary N) is 2. The van der Waals surface area contributed by atoms with Crippen molar-refractivity contribution >= 4 is 68.3 Å². The largest absolute Gasteiger partial charge is 0.491 e. The molecule has 650 valence electrons. The minimum Gasteiger partial charge on any atom is -0.491 e. The molecule has 0 spiro atoms. The van der Waals surface area contributed by atoms with Crippen LogP contribution in [0.15, 0.2) is 372 Å². The Morgan fingerprint density at radius 2 is 0.578 bits per heavy atom. The number of aromatic nitrogens is 8. The molecule has 18 nitrogen and oxygen atoms in total. The normalized spacial score (nSPS) is 12.8. The van der Waals surface area contributed by atoms with Gasteiger partial charge in [-0.3, -0.25) is 39.9 Å². The van der Waals surface area contributed by atoms with Gasteiger partial charge in [0.1, 0.15) is 40.1 Å².